The van der Waals surface area contributed by atoms with E-state index >= 15 is 0 Å². The molecule has 0 aromatic carbocycles. The fourth-order valence-electron chi connectivity index (χ4n) is 5.86. The van der Waals surface area contributed by atoms with Crippen LogP contribution in [-0.4, -0.2) is 11.1 Å². The molecule has 0 saturated heterocycles. The number of carboxylic acids is 1. The van der Waals surface area contributed by atoms with Crippen LogP contribution in [0.1, 0.15) is 201 Å². The largest absolute Gasteiger partial charge is 0.481 e. The molecule has 0 aliphatic carbocycles. The summed E-state index contributed by atoms with van der Waals surface area (Å²) in [5, 5.41) is 10.1. The molecule has 2 atom stereocenters. The maximum absolute atomic E-state index is 12.2. The van der Waals surface area contributed by atoms with E-state index in [1.54, 1.807) is 0 Å². The Bertz CT molecular complexity index is 433. The Balaban J connectivity index is 4.07. The van der Waals surface area contributed by atoms with Gasteiger partial charge in [0.25, 0.3) is 0 Å². The second kappa shape index (κ2) is 29.0. The molecule has 0 heterocycles. The van der Waals surface area contributed by atoms with Gasteiger partial charge in [-0.2, -0.15) is 0 Å². The van der Waals surface area contributed by atoms with Gasteiger partial charge in [-0.1, -0.05) is 181 Å². The second-order valence-corrected chi connectivity index (χ2v) is 11.8. The van der Waals surface area contributed by atoms with E-state index in [1.807, 2.05) is 0 Å². The van der Waals surface area contributed by atoms with E-state index in [9.17, 15) is 9.90 Å². The lowest BCUT2D eigenvalue weighted by molar-refractivity contribution is -0.144. The Morgan fingerprint density at radius 3 is 0.972 bits per heavy atom. The number of aliphatic carboxylic acids is 1. The van der Waals surface area contributed by atoms with Crippen molar-refractivity contribution >= 4 is 5.97 Å². The van der Waals surface area contributed by atoms with Crippen LogP contribution in [0.5, 0.6) is 0 Å². The van der Waals surface area contributed by atoms with E-state index in [2.05, 4.69) is 20.8 Å². The molecule has 0 radical (unpaired) electrons. The number of carbonyl (C=O) groups is 1. The SMILES string of the molecule is CCCCCCCCCCCCCCCCC(C(=O)O)C(CCCCCC)CCCCCCCCC. The van der Waals surface area contributed by atoms with Gasteiger partial charge in [0.05, 0.1) is 5.92 Å². The monoisotopic (exact) mass is 509 g/mol. The molecule has 0 saturated carbocycles. The van der Waals surface area contributed by atoms with Gasteiger partial charge in [-0.25, -0.2) is 0 Å². The third-order valence-electron chi connectivity index (χ3n) is 8.36. The maximum Gasteiger partial charge on any atom is 0.306 e. The van der Waals surface area contributed by atoms with E-state index in [0.29, 0.717) is 5.92 Å². The van der Waals surface area contributed by atoms with Gasteiger partial charge >= 0.3 is 5.97 Å². The highest BCUT2D eigenvalue weighted by molar-refractivity contribution is 5.70. The molecule has 0 fully saturated rings. The van der Waals surface area contributed by atoms with Crippen molar-refractivity contribution in [3.63, 3.8) is 0 Å². The second-order valence-electron chi connectivity index (χ2n) is 11.8. The van der Waals surface area contributed by atoms with Crippen LogP contribution < -0.4 is 0 Å². The zero-order valence-electron chi connectivity index (χ0n) is 25.3. The van der Waals surface area contributed by atoms with E-state index in [0.717, 1.165) is 25.7 Å². The topological polar surface area (TPSA) is 37.3 Å². The smallest absolute Gasteiger partial charge is 0.306 e. The highest BCUT2D eigenvalue weighted by atomic mass is 16.4. The predicted octanol–water partition coefficient (Wildman–Crippen LogP) is 12.3. The van der Waals surface area contributed by atoms with Crippen LogP contribution in [0, 0.1) is 11.8 Å². The molecule has 1 N–H and O–H groups in total. The van der Waals surface area contributed by atoms with Crippen LogP contribution in [0.3, 0.4) is 0 Å². The summed E-state index contributed by atoms with van der Waals surface area (Å²) in [4.78, 5) is 12.2. The molecule has 2 nitrogen and oxygen atoms in total. The standard InChI is InChI=1S/C34H68O2/c1-4-7-10-13-15-16-17-18-19-20-21-23-25-28-31-33(34(35)36)32(29-26-12-9-6-3)30-27-24-22-14-11-8-5-2/h32-33H,4-31H2,1-3H3,(H,35,36). The molecule has 0 aromatic heterocycles. The van der Waals surface area contributed by atoms with Gasteiger partial charge in [0.15, 0.2) is 0 Å². The van der Waals surface area contributed by atoms with Crippen molar-refractivity contribution in [1.82, 2.24) is 0 Å². The molecule has 0 aromatic rings. The van der Waals surface area contributed by atoms with Crippen LogP contribution in [0.2, 0.25) is 0 Å². The van der Waals surface area contributed by atoms with Gasteiger partial charge in [0.2, 0.25) is 0 Å². The average Bonchev–Trinajstić information content (AvgIpc) is 2.87. The summed E-state index contributed by atoms with van der Waals surface area (Å²) in [5.41, 5.74) is 0. The summed E-state index contributed by atoms with van der Waals surface area (Å²) in [5.74, 6) is -0.228. The predicted molar refractivity (Wildman–Crippen MR) is 161 cm³/mol. The quantitative estimate of drug-likeness (QED) is 0.0979. The van der Waals surface area contributed by atoms with E-state index in [4.69, 9.17) is 0 Å². The van der Waals surface area contributed by atoms with E-state index in [-0.39, 0.29) is 5.92 Å². The van der Waals surface area contributed by atoms with Crippen molar-refractivity contribution in [2.75, 3.05) is 0 Å². The van der Waals surface area contributed by atoms with Crippen LogP contribution in [0.15, 0.2) is 0 Å². The molecule has 0 spiro atoms. The lowest BCUT2D eigenvalue weighted by atomic mass is 9.80. The van der Waals surface area contributed by atoms with Gasteiger partial charge in [-0.15, -0.1) is 0 Å². The Hall–Kier alpha value is -0.530. The molecule has 2 heteroatoms. The van der Waals surface area contributed by atoms with Gasteiger partial charge < -0.3 is 5.11 Å². The number of carboxylic acid groups (broad SMARTS) is 1. The number of rotatable bonds is 30. The Kier molecular flexibility index (Phi) is 28.6. The minimum Gasteiger partial charge on any atom is -0.481 e. The molecular formula is C34H68O2. The maximum atomic E-state index is 12.2. The van der Waals surface area contributed by atoms with Crippen LogP contribution in [0.4, 0.5) is 0 Å². The molecular weight excluding hydrogens is 440 g/mol. The zero-order valence-corrected chi connectivity index (χ0v) is 25.3. The van der Waals surface area contributed by atoms with Gasteiger partial charge in [-0.05, 0) is 25.2 Å². The van der Waals surface area contributed by atoms with Crippen LogP contribution >= 0.6 is 0 Å². The summed E-state index contributed by atoms with van der Waals surface area (Å²) < 4.78 is 0. The summed E-state index contributed by atoms with van der Waals surface area (Å²) in [7, 11) is 0. The van der Waals surface area contributed by atoms with E-state index in [1.165, 1.54) is 154 Å². The molecule has 216 valence electrons. The van der Waals surface area contributed by atoms with Gasteiger partial charge in [0.1, 0.15) is 0 Å². The summed E-state index contributed by atoms with van der Waals surface area (Å²) in [6.45, 7) is 6.81. The lowest BCUT2D eigenvalue weighted by Crippen LogP contribution is -2.24. The molecule has 36 heavy (non-hydrogen) atoms. The summed E-state index contributed by atoms with van der Waals surface area (Å²) in [6, 6.07) is 0. The normalized spacial score (nSPS) is 13.2. The minimum atomic E-state index is -0.520. The van der Waals surface area contributed by atoms with Crippen molar-refractivity contribution in [3.05, 3.63) is 0 Å². The van der Waals surface area contributed by atoms with Crippen molar-refractivity contribution in [2.45, 2.75) is 201 Å². The van der Waals surface area contributed by atoms with Gasteiger partial charge in [0, 0.05) is 0 Å². The third kappa shape index (κ3) is 23.8. The highest BCUT2D eigenvalue weighted by Crippen LogP contribution is 2.30. The highest BCUT2D eigenvalue weighted by Gasteiger charge is 2.26. The molecule has 0 bridgehead atoms. The molecule has 0 aliphatic heterocycles. The molecule has 0 rings (SSSR count). The first kappa shape index (κ1) is 35.5. The Morgan fingerprint density at radius 2 is 0.667 bits per heavy atom. The number of hydrogen-bond acceptors (Lipinski definition) is 1. The third-order valence-corrected chi connectivity index (χ3v) is 8.36. The van der Waals surface area contributed by atoms with Crippen molar-refractivity contribution < 1.29 is 9.90 Å². The summed E-state index contributed by atoms with van der Waals surface area (Å²) in [6.07, 6.45) is 36.5. The first-order valence-corrected chi connectivity index (χ1v) is 16.9. The lowest BCUT2D eigenvalue weighted by Gasteiger charge is -2.24. The van der Waals surface area contributed by atoms with Gasteiger partial charge in [-0.3, -0.25) is 4.79 Å². The fourth-order valence-corrected chi connectivity index (χ4v) is 5.86. The molecule has 0 amide bonds. The number of unbranched alkanes of at least 4 members (excludes halogenated alkanes) is 22. The molecule has 2 unspecified atom stereocenters. The molecule has 0 aliphatic rings. The average molecular weight is 509 g/mol. The summed E-state index contributed by atoms with van der Waals surface area (Å²) >= 11 is 0. The van der Waals surface area contributed by atoms with Crippen LogP contribution in [0.25, 0.3) is 0 Å². The van der Waals surface area contributed by atoms with Crippen molar-refractivity contribution in [1.29, 1.82) is 0 Å². The Morgan fingerprint density at radius 1 is 0.417 bits per heavy atom. The first-order chi connectivity index (χ1) is 17.7. The van der Waals surface area contributed by atoms with Crippen molar-refractivity contribution in [3.8, 4) is 0 Å². The minimum absolute atomic E-state index is 0.107. The van der Waals surface area contributed by atoms with Crippen LogP contribution in [-0.2, 0) is 4.79 Å². The Labute approximate surface area is 228 Å². The fraction of sp³-hybridized carbons (Fsp3) is 0.971. The zero-order chi connectivity index (χ0) is 26.5. The van der Waals surface area contributed by atoms with E-state index < -0.39 is 5.97 Å². The number of hydrogen-bond donors (Lipinski definition) is 1. The first-order valence-electron chi connectivity index (χ1n) is 16.9. The van der Waals surface area contributed by atoms with Crippen molar-refractivity contribution in [2.24, 2.45) is 11.8 Å².